The number of aromatic nitrogens is 1. The molecule has 5 heteroatoms. The molecule has 0 N–H and O–H groups in total. The van der Waals surface area contributed by atoms with Crippen molar-refractivity contribution in [3.8, 4) is 0 Å². The summed E-state index contributed by atoms with van der Waals surface area (Å²) >= 11 is 0. The summed E-state index contributed by atoms with van der Waals surface area (Å²) in [7, 11) is 0. The number of halogens is 3. The second kappa shape index (κ2) is 4.25. The molecule has 1 aromatic rings. The number of alkyl halides is 3. The van der Waals surface area contributed by atoms with Gasteiger partial charge < -0.3 is 0 Å². The van der Waals surface area contributed by atoms with Gasteiger partial charge in [0.05, 0.1) is 5.56 Å². The highest BCUT2D eigenvalue weighted by Gasteiger charge is 2.34. The molecule has 1 rings (SSSR count). The highest BCUT2D eigenvalue weighted by molar-refractivity contribution is 5.98. The maximum absolute atomic E-state index is 12.4. The molecule has 0 fully saturated rings. The zero-order chi connectivity index (χ0) is 11.5. The molecule has 0 amide bonds. The Bertz CT molecular complexity index is 384. The first-order valence-electron chi connectivity index (χ1n) is 4.12. The Balaban J connectivity index is 3.18. The van der Waals surface area contributed by atoms with Crippen molar-refractivity contribution < 1.29 is 18.0 Å². The third-order valence-corrected chi connectivity index (χ3v) is 1.76. The second-order valence-electron chi connectivity index (χ2n) is 2.83. The molecule has 0 aliphatic rings. The van der Waals surface area contributed by atoms with Crippen molar-refractivity contribution in [2.75, 3.05) is 0 Å². The first-order valence-corrected chi connectivity index (χ1v) is 4.12. The molecule has 0 aromatic carbocycles. The monoisotopic (exact) mass is 215 g/mol. The molecule has 0 saturated carbocycles. The van der Waals surface area contributed by atoms with Gasteiger partial charge in [-0.05, 0) is 6.07 Å². The number of Topliss-reactive ketones (excluding diaryl/α,β-unsaturated/α-hetero) is 1. The van der Waals surface area contributed by atoms with Crippen molar-refractivity contribution in [3.63, 3.8) is 0 Å². The molecule has 0 spiro atoms. The Hall–Kier alpha value is -1.65. The first-order chi connectivity index (χ1) is 6.96. The Kier molecular flexibility index (Phi) is 3.24. The van der Waals surface area contributed by atoms with E-state index in [0.717, 1.165) is 18.5 Å². The highest BCUT2D eigenvalue weighted by Crippen LogP contribution is 2.31. The van der Waals surface area contributed by atoms with Crippen LogP contribution in [-0.4, -0.2) is 10.8 Å². The van der Waals surface area contributed by atoms with Crippen LogP contribution >= 0.6 is 0 Å². The number of carbonyl (C=O) groups excluding carboxylic acids is 1. The molecule has 0 bridgehead atoms. The molecule has 0 unspecified atom stereocenters. The second-order valence-corrected chi connectivity index (χ2v) is 2.83. The van der Waals surface area contributed by atoms with Gasteiger partial charge in [0.15, 0.2) is 5.78 Å². The van der Waals surface area contributed by atoms with E-state index in [1.54, 1.807) is 0 Å². The van der Waals surface area contributed by atoms with E-state index in [9.17, 15) is 18.0 Å². The largest absolute Gasteiger partial charge is 0.417 e. The maximum Gasteiger partial charge on any atom is 0.417 e. The molecule has 80 valence electrons. The van der Waals surface area contributed by atoms with Crippen molar-refractivity contribution in [3.05, 3.63) is 42.2 Å². The van der Waals surface area contributed by atoms with Crippen LogP contribution in [0.1, 0.15) is 22.3 Å². The lowest BCUT2D eigenvalue weighted by Gasteiger charge is -2.10. The third kappa shape index (κ3) is 2.65. The zero-order valence-corrected chi connectivity index (χ0v) is 7.71. The van der Waals surface area contributed by atoms with Crippen LogP contribution in [0.5, 0.6) is 0 Å². The summed E-state index contributed by atoms with van der Waals surface area (Å²) in [5.41, 5.74) is -1.37. The van der Waals surface area contributed by atoms with Gasteiger partial charge in [-0.15, -0.1) is 6.58 Å². The van der Waals surface area contributed by atoms with Crippen molar-refractivity contribution in [2.45, 2.75) is 12.6 Å². The normalized spacial score (nSPS) is 11.1. The predicted molar refractivity (Wildman–Crippen MR) is 48.4 cm³/mol. The number of nitrogens with zero attached hydrogens (tertiary/aromatic N) is 1. The highest BCUT2D eigenvalue weighted by atomic mass is 19.4. The molecular formula is C10H8F3NO. The minimum absolute atomic E-state index is 0.130. The third-order valence-electron chi connectivity index (χ3n) is 1.76. The van der Waals surface area contributed by atoms with Crippen LogP contribution in [0.2, 0.25) is 0 Å². The van der Waals surface area contributed by atoms with E-state index in [-0.39, 0.29) is 6.42 Å². The predicted octanol–water partition coefficient (Wildman–Crippen LogP) is 2.86. The fraction of sp³-hybridized carbons (Fsp3) is 0.200. The van der Waals surface area contributed by atoms with E-state index < -0.39 is 23.1 Å². The van der Waals surface area contributed by atoms with Crippen LogP contribution in [0.25, 0.3) is 0 Å². The van der Waals surface area contributed by atoms with Gasteiger partial charge in [0, 0.05) is 24.4 Å². The number of carbonyl (C=O) groups is 1. The summed E-state index contributed by atoms with van der Waals surface area (Å²) in [4.78, 5) is 14.8. The number of rotatable bonds is 3. The van der Waals surface area contributed by atoms with Crippen LogP contribution in [0.3, 0.4) is 0 Å². The average molecular weight is 215 g/mol. The summed E-state index contributed by atoms with van der Waals surface area (Å²) in [5.74, 6) is -0.634. The van der Waals surface area contributed by atoms with E-state index in [2.05, 4.69) is 11.6 Å². The molecule has 15 heavy (non-hydrogen) atoms. The van der Waals surface area contributed by atoms with Crippen LogP contribution in [-0.2, 0) is 6.18 Å². The lowest BCUT2D eigenvalue weighted by atomic mass is 10.0. The van der Waals surface area contributed by atoms with E-state index >= 15 is 0 Å². The molecule has 0 aliphatic heterocycles. The molecule has 1 aromatic heterocycles. The fourth-order valence-electron chi connectivity index (χ4n) is 1.10. The summed E-state index contributed by atoms with van der Waals surface area (Å²) in [5, 5.41) is 0. The van der Waals surface area contributed by atoms with Gasteiger partial charge in [0.1, 0.15) is 0 Å². The molecule has 0 saturated heterocycles. The van der Waals surface area contributed by atoms with E-state index in [1.807, 2.05) is 0 Å². The van der Waals surface area contributed by atoms with Gasteiger partial charge in [-0.2, -0.15) is 13.2 Å². The van der Waals surface area contributed by atoms with E-state index in [0.29, 0.717) is 0 Å². The summed E-state index contributed by atoms with van der Waals surface area (Å²) in [6, 6.07) is 0.788. The average Bonchev–Trinajstić information content (AvgIpc) is 2.17. The zero-order valence-electron chi connectivity index (χ0n) is 7.71. The lowest BCUT2D eigenvalue weighted by Crippen LogP contribution is -2.13. The number of allylic oxidation sites excluding steroid dienone is 1. The quantitative estimate of drug-likeness (QED) is 0.573. The molecule has 1 heterocycles. The molecule has 2 nitrogen and oxygen atoms in total. The van der Waals surface area contributed by atoms with Gasteiger partial charge in [0.2, 0.25) is 0 Å². The first kappa shape index (κ1) is 11.4. The number of hydrogen-bond donors (Lipinski definition) is 0. The van der Waals surface area contributed by atoms with Crippen molar-refractivity contribution in [1.29, 1.82) is 0 Å². The Morgan fingerprint density at radius 3 is 2.73 bits per heavy atom. The van der Waals surface area contributed by atoms with Gasteiger partial charge in [-0.3, -0.25) is 9.78 Å². The Morgan fingerprint density at radius 1 is 1.53 bits per heavy atom. The number of pyridine rings is 1. The lowest BCUT2D eigenvalue weighted by molar-refractivity contribution is -0.138. The number of ketones is 1. The molecule has 0 aliphatic carbocycles. The van der Waals surface area contributed by atoms with E-state index in [4.69, 9.17) is 0 Å². The van der Waals surface area contributed by atoms with Crippen molar-refractivity contribution in [2.24, 2.45) is 0 Å². The van der Waals surface area contributed by atoms with Crippen molar-refractivity contribution in [1.82, 2.24) is 4.98 Å². The Morgan fingerprint density at radius 2 is 2.20 bits per heavy atom. The SMILES string of the molecule is C=CCC(=O)c1cnccc1C(F)(F)F. The van der Waals surface area contributed by atoms with Crippen LogP contribution in [0.15, 0.2) is 31.1 Å². The smallest absolute Gasteiger partial charge is 0.294 e. The standard InChI is InChI=1S/C10H8F3NO/c1-2-3-9(15)7-6-14-5-4-8(7)10(11,12)13/h2,4-6H,1,3H2. The van der Waals surface area contributed by atoms with Crippen molar-refractivity contribution >= 4 is 5.78 Å². The van der Waals surface area contributed by atoms with Crippen LogP contribution in [0, 0.1) is 0 Å². The Labute approximate surface area is 84.4 Å². The number of hydrogen-bond acceptors (Lipinski definition) is 2. The summed E-state index contributed by atoms with van der Waals surface area (Å²) in [6.07, 6.45) is -1.47. The van der Waals surface area contributed by atoms with Gasteiger partial charge in [-0.25, -0.2) is 0 Å². The minimum Gasteiger partial charge on any atom is -0.294 e. The summed E-state index contributed by atoms with van der Waals surface area (Å²) < 4.78 is 37.3. The minimum atomic E-state index is -4.53. The molecular weight excluding hydrogens is 207 g/mol. The fourth-order valence-corrected chi connectivity index (χ4v) is 1.10. The van der Waals surface area contributed by atoms with E-state index in [1.165, 1.54) is 6.08 Å². The molecule has 0 radical (unpaired) electrons. The maximum atomic E-state index is 12.4. The van der Waals surface area contributed by atoms with Gasteiger partial charge in [-0.1, -0.05) is 6.08 Å². The van der Waals surface area contributed by atoms with Crippen LogP contribution in [0.4, 0.5) is 13.2 Å². The molecule has 0 atom stereocenters. The van der Waals surface area contributed by atoms with Gasteiger partial charge >= 0.3 is 6.18 Å². The van der Waals surface area contributed by atoms with Crippen LogP contribution < -0.4 is 0 Å². The summed E-state index contributed by atoms with van der Waals surface area (Å²) in [6.45, 7) is 3.30. The van der Waals surface area contributed by atoms with Gasteiger partial charge in [0.25, 0.3) is 0 Å². The topological polar surface area (TPSA) is 30.0 Å².